The van der Waals surface area contributed by atoms with Gasteiger partial charge in [-0.1, -0.05) is 23.8 Å². The summed E-state index contributed by atoms with van der Waals surface area (Å²) in [6.07, 6.45) is 16.2. The molecular weight excluding hydrogens is 266 g/mol. The number of hydrogen-bond acceptors (Lipinski definition) is 4. The van der Waals surface area contributed by atoms with Crippen LogP contribution in [-0.4, -0.2) is 35.2 Å². The van der Waals surface area contributed by atoms with Gasteiger partial charge in [0, 0.05) is 6.54 Å². The van der Waals surface area contributed by atoms with Gasteiger partial charge >= 0.3 is 0 Å². The van der Waals surface area contributed by atoms with Crippen LogP contribution in [0.5, 0.6) is 0 Å². The first-order chi connectivity index (χ1) is 10.3. The monoisotopic (exact) mass is 289 g/mol. The van der Waals surface area contributed by atoms with E-state index in [1.54, 1.807) is 12.5 Å². The molecule has 0 radical (unpaired) electrons. The lowest BCUT2D eigenvalue weighted by molar-refractivity contribution is 0.0401. The minimum absolute atomic E-state index is 0.141. The molecule has 21 heavy (non-hydrogen) atoms. The molecule has 0 aromatic heterocycles. The number of allylic oxidation sites excluding steroid dienone is 3. The lowest BCUT2D eigenvalue weighted by atomic mass is 9.94. The number of β-amino-alcohol motifs (C(OH)–C–C–N with tert-alkyl or cyclic N) is 1. The normalized spacial score (nSPS) is 27.4. The highest BCUT2D eigenvalue weighted by molar-refractivity contribution is 5.21. The molecule has 1 fully saturated rings. The molecule has 0 amide bonds. The van der Waals surface area contributed by atoms with Crippen LogP contribution in [0.4, 0.5) is 0 Å². The molecule has 1 N–H and O–H groups in total. The Kier molecular flexibility index (Phi) is 4.78. The molecule has 2 heterocycles. The van der Waals surface area contributed by atoms with Crippen LogP contribution in [0.1, 0.15) is 32.1 Å². The number of ether oxygens (including phenoxy) is 2. The van der Waals surface area contributed by atoms with Crippen LogP contribution in [-0.2, 0) is 9.47 Å². The van der Waals surface area contributed by atoms with Gasteiger partial charge in [0.2, 0.25) is 0 Å². The summed E-state index contributed by atoms with van der Waals surface area (Å²) >= 11 is 0. The number of likely N-dealkylation sites (tertiary alicyclic amines) is 1. The molecular formula is C17H23NO3. The Labute approximate surface area is 126 Å². The fraction of sp³-hybridized carbons (Fsp3) is 0.529. The van der Waals surface area contributed by atoms with Gasteiger partial charge < -0.3 is 14.6 Å². The molecule has 2 atom stereocenters. The van der Waals surface area contributed by atoms with Crippen LogP contribution >= 0.6 is 0 Å². The van der Waals surface area contributed by atoms with E-state index in [1.807, 2.05) is 0 Å². The van der Waals surface area contributed by atoms with E-state index in [-0.39, 0.29) is 12.1 Å². The molecule has 3 rings (SSSR count). The second-order valence-electron chi connectivity index (χ2n) is 5.85. The molecule has 0 bridgehead atoms. The molecule has 1 aliphatic carbocycles. The van der Waals surface area contributed by atoms with Gasteiger partial charge in [0.25, 0.3) is 0 Å². The van der Waals surface area contributed by atoms with Gasteiger partial charge in [0.1, 0.15) is 18.8 Å². The van der Waals surface area contributed by atoms with Crippen molar-refractivity contribution in [3.05, 3.63) is 48.3 Å². The summed E-state index contributed by atoms with van der Waals surface area (Å²) in [6, 6.07) is 0.141. The maximum Gasteiger partial charge on any atom is 0.156 e. The molecule has 4 nitrogen and oxygen atoms in total. The molecule has 3 aliphatic rings. The largest absolute Gasteiger partial charge is 0.466 e. The van der Waals surface area contributed by atoms with E-state index in [4.69, 9.17) is 9.47 Å². The average Bonchev–Trinajstić information content (AvgIpc) is 2.54. The van der Waals surface area contributed by atoms with E-state index in [2.05, 4.69) is 23.1 Å². The van der Waals surface area contributed by atoms with Gasteiger partial charge in [-0.05, 0) is 38.6 Å². The Bertz CT molecular complexity index is 478. The zero-order valence-electron chi connectivity index (χ0n) is 12.3. The summed E-state index contributed by atoms with van der Waals surface area (Å²) in [5.74, 6) is 0.835. The van der Waals surface area contributed by atoms with Crippen molar-refractivity contribution in [1.29, 1.82) is 0 Å². The maximum atomic E-state index is 9.96. The highest BCUT2D eigenvalue weighted by atomic mass is 16.5. The highest BCUT2D eigenvalue weighted by Crippen LogP contribution is 2.28. The van der Waals surface area contributed by atoms with Crippen molar-refractivity contribution in [1.82, 2.24) is 4.90 Å². The SMILES string of the molecule is OC1CCCN(C(CC2=CC=CCC2)C2=COC=CO2)C1. The molecule has 2 aliphatic heterocycles. The lowest BCUT2D eigenvalue weighted by Gasteiger charge is -2.37. The maximum absolute atomic E-state index is 9.96. The molecule has 0 saturated carbocycles. The fourth-order valence-corrected chi connectivity index (χ4v) is 3.18. The van der Waals surface area contributed by atoms with Crippen molar-refractivity contribution in [3.63, 3.8) is 0 Å². The standard InChI is InChI=1S/C17H23NO3/c19-15-7-4-8-18(12-15)16(17-13-20-9-10-21-17)11-14-5-2-1-3-6-14/h1-2,5,9-10,13,15-16,19H,3-4,6-8,11-12H2. The first-order valence-corrected chi connectivity index (χ1v) is 7.77. The number of aliphatic hydroxyl groups is 1. The number of rotatable bonds is 4. The van der Waals surface area contributed by atoms with Crippen molar-refractivity contribution in [3.8, 4) is 0 Å². The molecule has 0 aromatic rings. The van der Waals surface area contributed by atoms with Crippen molar-refractivity contribution >= 4 is 0 Å². The van der Waals surface area contributed by atoms with E-state index in [1.165, 1.54) is 11.8 Å². The molecule has 0 aromatic carbocycles. The predicted molar refractivity (Wildman–Crippen MR) is 81.1 cm³/mol. The number of hydrogen-bond donors (Lipinski definition) is 1. The van der Waals surface area contributed by atoms with Crippen molar-refractivity contribution in [2.45, 2.75) is 44.2 Å². The smallest absolute Gasteiger partial charge is 0.156 e. The Balaban J connectivity index is 1.75. The summed E-state index contributed by atoms with van der Waals surface area (Å²) in [5.41, 5.74) is 1.43. The van der Waals surface area contributed by atoms with Gasteiger partial charge in [-0.25, -0.2) is 0 Å². The molecule has 114 valence electrons. The minimum Gasteiger partial charge on any atom is -0.466 e. The first-order valence-electron chi connectivity index (χ1n) is 7.77. The second-order valence-corrected chi connectivity index (χ2v) is 5.85. The summed E-state index contributed by atoms with van der Waals surface area (Å²) in [7, 11) is 0. The van der Waals surface area contributed by atoms with Crippen LogP contribution < -0.4 is 0 Å². The molecule has 2 unspecified atom stereocenters. The summed E-state index contributed by atoms with van der Waals surface area (Å²) in [5, 5.41) is 9.96. The topological polar surface area (TPSA) is 41.9 Å². The lowest BCUT2D eigenvalue weighted by Crippen LogP contribution is -2.46. The third kappa shape index (κ3) is 3.77. The Hall–Kier alpha value is -1.52. The Morgan fingerprint density at radius 2 is 2.33 bits per heavy atom. The van der Waals surface area contributed by atoms with Crippen LogP contribution in [0.25, 0.3) is 0 Å². The summed E-state index contributed by atoms with van der Waals surface area (Å²) in [6.45, 7) is 1.70. The molecule has 0 spiro atoms. The van der Waals surface area contributed by atoms with E-state index >= 15 is 0 Å². The van der Waals surface area contributed by atoms with E-state index in [0.717, 1.165) is 44.4 Å². The van der Waals surface area contributed by atoms with E-state index in [0.29, 0.717) is 6.54 Å². The summed E-state index contributed by atoms with van der Waals surface area (Å²) in [4.78, 5) is 2.32. The zero-order chi connectivity index (χ0) is 14.5. The van der Waals surface area contributed by atoms with Crippen molar-refractivity contribution < 1.29 is 14.6 Å². The summed E-state index contributed by atoms with van der Waals surface area (Å²) < 4.78 is 10.9. The van der Waals surface area contributed by atoms with Gasteiger partial charge in [-0.3, -0.25) is 4.90 Å². The van der Waals surface area contributed by atoms with Gasteiger partial charge in [-0.15, -0.1) is 0 Å². The quantitative estimate of drug-likeness (QED) is 0.864. The number of piperidine rings is 1. The van der Waals surface area contributed by atoms with Crippen LogP contribution in [0, 0.1) is 0 Å². The molecule has 1 saturated heterocycles. The third-order valence-corrected chi connectivity index (χ3v) is 4.28. The second kappa shape index (κ2) is 6.96. The number of nitrogens with zero attached hydrogens (tertiary/aromatic N) is 1. The molecule has 4 heteroatoms. The Morgan fingerprint density at radius 1 is 1.38 bits per heavy atom. The predicted octanol–water partition coefficient (Wildman–Crippen LogP) is 2.84. The van der Waals surface area contributed by atoms with Crippen LogP contribution in [0.15, 0.2) is 48.3 Å². The van der Waals surface area contributed by atoms with E-state index in [9.17, 15) is 5.11 Å². The van der Waals surface area contributed by atoms with Crippen LogP contribution in [0.3, 0.4) is 0 Å². The van der Waals surface area contributed by atoms with Crippen LogP contribution in [0.2, 0.25) is 0 Å². The van der Waals surface area contributed by atoms with E-state index < -0.39 is 0 Å². The fourth-order valence-electron chi connectivity index (χ4n) is 3.18. The van der Waals surface area contributed by atoms with Crippen molar-refractivity contribution in [2.24, 2.45) is 0 Å². The first kappa shape index (κ1) is 14.4. The Morgan fingerprint density at radius 3 is 3.05 bits per heavy atom. The van der Waals surface area contributed by atoms with Gasteiger partial charge in [-0.2, -0.15) is 0 Å². The highest BCUT2D eigenvalue weighted by Gasteiger charge is 2.30. The van der Waals surface area contributed by atoms with Gasteiger partial charge in [0.15, 0.2) is 5.76 Å². The average molecular weight is 289 g/mol. The third-order valence-electron chi connectivity index (χ3n) is 4.28. The van der Waals surface area contributed by atoms with Gasteiger partial charge in [0.05, 0.1) is 12.1 Å². The number of aliphatic hydroxyl groups excluding tert-OH is 1. The zero-order valence-corrected chi connectivity index (χ0v) is 12.3. The minimum atomic E-state index is -0.234. The van der Waals surface area contributed by atoms with Crippen molar-refractivity contribution in [2.75, 3.05) is 13.1 Å².